The third-order valence-corrected chi connectivity index (χ3v) is 3.04. The fourth-order valence-corrected chi connectivity index (χ4v) is 2.04. The molecular weight excluding hydrogens is 243 g/mol. The minimum Gasteiger partial charge on any atom is -0.362 e. The number of aromatic amines is 1. The Morgan fingerprint density at radius 3 is 2.63 bits per heavy atom. The zero-order valence-electron chi connectivity index (χ0n) is 11.1. The van der Waals surface area contributed by atoms with Crippen LogP contribution < -0.4 is 5.32 Å². The summed E-state index contributed by atoms with van der Waals surface area (Å²) in [4.78, 5) is 15.0. The Balaban J connectivity index is 1.92. The maximum Gasteiger partial charge on any atom is 0.224 e. The summed E-state index contributed by atoms with van der Waals surface area (Å²) in [6, 6.07) is 8.40. The number of carbonyl (C=O) groups is 1. The molecule has 0 radical (unpaired) electrons. The molecule has 3 nitrogen and oxygen atoms in total. The third kappa shape index (κ3) is 3.44. The number of benzene rings is 1. The van der Waals surface area contributed by atoms with Crippen LogP contribution in [0.25, 0.3) is 0 Å². The second kappa shape index (κ2) is 5.69. The summed E-state index contributed by atoms with van der Waals surface area (Å²) in [7, 11) is 0. The first-order valence-electron chi connectivity index (χ1n) is 6.21. The summed E-state index contributed by atoms with van der Waals surface area (Å²) in [5, 5.41) is 2.73. The van der Waals surface area contributed by atoms with E-state index in [-0.39, 0.29) is 18.3 Å². The van der Waals surface area contributed by atoms with Gasteiger partial charge in [0, 0.05) is 23.5 Å². The van der Waals surface area contributed by atoms with E-state index >= 15 is 0 Å². The van der Waals surface area contributed by atoms with Gasteiger partial charge in [0.1, 0.15) is 5.82 Å². The van der Waals surface area contributed by atoms with Crippen molar-refractivity contribution >= 4 is 5.91 Å². The number of hydrogen-bond acceptors (Lipinski definition) is 1. The molecular formula is C15H17FN2O. The molecule has 2 rings (SSSR count). The number of halogens is 1. The summed E-state index contributed by atoms with van der Waals surface area (Å²) < 4.78 is 13.4. The fourth-order valence-electron chi connectivity index (χ4n) is 2.04. The highest BCUT2D eigenvalue weighted by molar-refractivity contribution is 5.78. The van der Waals surface area contributed by atoms with Crippen LogP contribution in [0.4, 0.5) is 4.39 Å². The van der Waals surface area contributed by atoms with E-state index in [1.54, 1.807) is 18.2 Å². The van der Waals surface area contributed by atoms with Crippen molar-refractivity contribution in [1.82, 2.24) is 10.3 Å². The zero-order valence-corrected chi connectivity index (χ0v) is 11.1. The Kier molecular flexibility index (Phi) is 4.00. The van der Waals surface area contributed by atoms with E-state index in [0.717, 1.165) is 17.0 Å². The molecule has 100 valence electrons. The first-order valence-corrected chi connectivity index (χ1v) is 6.21. The van der Waals surface area contributed by atoms with Crippen molar-refractivity contribution in [2.24, 2.45) is 0 Å². The van der Waals surface area contributed by atoms with Crippen molar-refractivity contribution in [3.8, 4) is 0 Å². The fraction of sp³-hybridized carbons (Fsp3) is 0.267. The van der Waals surface area contributed by atoms with Crippen LogP contribution in [0.5, 0.6) is 0 Å². The summed E-state index contributed by atoms with van der Waals surface area (Å²) >= 11 is 0. The number of amides is 1. The summed E-state index contributed by atoms with van der Waals surface area (Å²) in [6.07, 6.45) is 0.310. The molecule has 1 amide bonds. The quantitative estimate of drug-likeness (QED) is 0.872. The summed E-state index contributed by atoms with van der Waals surface area (Å²) in [5.41, 5.74) is 3.51. The highest BCUT2D eigenvalue weighted by Crippen LogP contribution is 2.10. The van der Waals surface area contributed by atoms with Gasteiger partial charge >= 0.3 is 0 Å². The Morgan fingerprint density at radius 1 is 1.26 bits per heavy atom. The minimum atomic E-state index is -0.295. The van der Waals surface area contributed by atoms with Gasteiger partial charge in [-0.15, -0.1) is 0 Å². The van der Waals surface area contributed by atoms with Crippen LogP contribution in [-0.4, -0.2) is 10.9 Å². The van der Waals surface area contributed by atoms with Gasteiger partial charge in [0.05, 0.1) is 6.42 Å². The molecule has 0 saturated heterocycles. The number of aromatic nitrogens is 1. The van der Waals surface area contributed by atoms with E-state index in [1.807, 2.05) is 19.9 Å². The number of H-pyrrole nitrogens is 1. The van der Waals surface area contributed by atoms with Gasteiger partial charge in [0.15, 0.2) is 0 Å². The average Bonchev–Trinajstić information content (AvgIpc) is 2.67. The van der Waals surface area contributed by atoms with Crippen LogP contribution in [0.1, 0.15) is 22.5 Å². The van der Waals surface area contributed by atoms with E-state index in [9.17, 15) is 9.18 Å². The van der Waals surface area contributed by atoms with Crippen LogP contribution in [0.15, 0.2) is 30.3 Å². The lowest BCUT2D eigenvalue weighted by atomic mass is 10.1. The van der Waals surface area contributed by atoms with Gasteiger partial charge in [-0.1, -0.05) is 18.2 Å². The van der Waals surface area contributed by atoms with E-state index in [1.165, 1.54) is 6.07 Å². The maximum absolute atomic E-state index is 13.4. The first-order chi connectivity index (χ1) is 9.06. The molecule has 0 unspecified atom stereocenters. The van der Waals surface area contributed by atoms with E-state index in [2.05, 4.69) is 10.3 Å². The summed E-state index contributed by atoms with van der Waals surface area (Å²) in [6.45, 7) is 4.11. The molecule has 2 N–H and O–H groups in total. The normalized spacial score (nSPS) is 10.5. The monoisotopic (exact) mass is 260 g/mol. The van der Waals surface area contributed by atoms with Gasteiger partial charge < -0.3 is 10.3 Å². The van der Waals surface area contributed by atoms with Gasteiger partial charge in [-0.05, 0) is 31.5 Å². The number of aryl methyl sites for hydroxylation is 2. The van der Waals surface area contributed by atoms with Crippen LogP contribution in [0.2, 0.25) is 0 Å². The minimum absolute atomic E-state index is 0.106. The van der Waals surface area contributed by atoms with Gasteiger partial charge in [-0.25, -0.2) is 4.39 Å². The molecule has 1 aromatic heterocycles. The number of nitrogens with one attached hydrogen (secondary N) is 2. The Bertz CT molecular complexity index is 590. The average molecular weight is 260 g/mol. The van der Waals surface area contributed by atoms with Crippen molar-refractivity contribution in [3.63, 3.8) is 0 Å². The number of hydrogen-bond donors (Lipinski definition) is 2. The highest BCUT2D eigenvalue weighted by atomic mass is 19.1. The lowest BCUT2D eigenvalue weighted by Gasteiger charge is -2.06. The van der Waals surface area contributed by atoms with Crippen molar-refractivity contribution in [1.29, 1.82) is 0 Å². The molecule has 4 heteroatoms. The largest absolute Gasteiger partial charge is 0.362 e. The molecule has 0 atom stereocenters. The maximum atomic E-state index is 13.4. The lowest BCUT2D eigenvalue weighted by molar-refractivity contribution is -0.120. The Morgan fingerprint density at radius 2 is 2.00 bits per heavy atom. The predicted molar refractivity (Wildman–Crippen MR) is 72.2 cm³/mol. The predicted octanol–water partition coefficient (Wildman–Crippen LogP) is 2.63. The van der Waals surface area contributed by atoms with E-state index < -0.39 is 0 Å². The standard InChI is InChI=1S/C15H17FN2O/c1-10-7-13(11(2)18-10)8-15(19)17-9-12-5-3-4-6-14(12)16/h3-7,18H,8-9H2,1-2H3,(H,17,19). The molecule has 0 aliphatic carbocycles. The molecule has 0 aliphatic rings. The molecule has 1 aromatic carbocycles. The second-order valence-electron chi connectivity index (χ2n) is 4.65. The topological polar surface area (TPSA) is 44.9 Å². The van der Waals surface area contributed by atoms with Gasteiger partial charge in [-0.3, -0.25) is 4.79 Å². The van der Waals surface area contributed by atoms with Crippen molar-refractivity contribution in [2.75, 3.05) is 0 Å². The van der Waals surface area contributed by atoms with Gasteiger partial charge in [-0.2, -0.15) is 0 Å². The smallest absolute Gasteiger partial charge is 0.224 e. The molecule has 0 fully saturated rings. The highest BCUT2D eigenvalue weighted by Gasteiger charge is 2.09. The van der Waals surface area contributed by atoms with Crippen LogP contribution in [0, 0.1) is 19.7 Å². The second-order valence-corrected chi connectivity index (χ2v) is 4.65. The number of rotatable bonds is 4. The SMILES string of the molecule is Cc1cc(CC(=O)NCc2ccccc2F)c(C)[nH]1. The van der Waals surface area contributed by atoms with Crippen LogP contribution >= 0.6 is 0 Å². The zero-order chi connectivity index (χ0) is 13.8. The Labute approximate surface area is 111 Å². The molecule has 2 aromatic rings. The first kappa shape index (κ1) is 13.3. The number of carbonyl (C=O) groups excluding carboxylic acids is 1. The van der Waals surface area contributed by atoms with Gasteiger partial charge in [0.2, 0.25) is 5.91 Å². The van der Waals surface area contributed by atoms with Crippen LogP contribution in [0.3, 0.4) is 0 Å². The van der Waals surface area contributed by atoms with Crippen molar-refractivity contribution < 1.29 is 9.18 Å². The van der Waals surface area contributed by atoms with E-state index in [0.29, 0.717) is 12.0 Å². The molecule has 0 saturated carbocycles. The van der Waals surface area contributed by atoms with Crippen molar-refractivity contribution in [3.05, 3.63) is 58.7 Å². The lowest BCUT2D eigenvalue weighted by Crippen LogP contribution is -2.25. The van der Waals surface area contributed by atoms with Gasteiger partial charge in [0.25, 0.3) is 0 Å². The summed E-state index contributed by atoms with van der Waals surface area (Å²) in [5.74, 6) is -0.401. The third-order valence-electron chi connectivity index (χ3n) is 3.04. The molecule has 0 aliphatic heterocycles. The van der Waals surface area contributed by atoms with E-state index in [4.69, 9.17) is 0 Å². The molecule has 0 spiro atoms. The Hall–Kier alpha value is -2.10. The molecule has 1 heterocycles. The molecule has 0 bridgehead atoms. The molecule has 19 heavy (non-hydrogen) atoms. The van der Waals surface area contributed by atoms with Crippen molar-refractivity contribution in [2.45, 2.75) is 26.8 Å². The van der Waals surface area contributed by atoms with Crippen LogP contribution in [-0.2, 0) is 17.8 Å².